The molecule has 0 N–H and O–H groups in total. The summed E-state index contributed by atoms with van der Waals surface area (Å²) in [6, 6.07) is 2.03. The molecule has 0 spiro atoms. The summed E-state index contributed by atoms with van der Waals surface area (Å²) in [6.07, 6.45) is 1.32. The highest BCUT2D eigenvalue weighted by Crippen LogP contribution is 1.93. The first-order valence-corrected chi connectivity index (χ1v) is 2.51. The molecule has 0 saturated carbocycles. The zero-order valence-electron chi connectivity index (χ0n) is 4.94. The first kappa shape index (κ1) is 6.13. The van der Waals surface area contributed by atoms with Crippen molar-refractivity contribution in [1.29, 1.82) is 0 Å². The Morgan fingerprint density at radius 3 is 2.56 bits per heavy atom. The van der Waals surface area contributed by atoms with Gasteiger partial charge in [-0.2, -0.15) is 4.57 Å². The van der Waals surface area contributed by atoms with Crippen molar-refractivity contribution in [2.75, 3.05) is 0 Å². The van der Waals surface area contributed by atoms with Gasteiger partial charge in [-0.3, -0.25) is 0 Å². The van der Waals surface area contributed by atoms with Crippen molar-refractivity contribution < 1.29 is 13.3 Å². The standard InChI is InChI=1S/C6H6F2N/c1-9-3-2-5(7)4-6(9)8/h2-4H,1H3/q+1. The van der Waals surface area contributed by atoms with Crippen LogP contribution < -0.4 is 4.57 Å². The van der Waals surface area contributed by atoms with Crippen LogP contribution in [0.5, 0.6) is 0 Å². The van der Waals surface area contributed by atoms with E-state index < -0.39 is 11.8 Å². The van der Waals surface area contributed by atoms with Crippen LogP contribution >= 0.6 is 0 Å². The van der Waals surface area contributed by atoms with Crippen molar-refractivity contribution in [3.05, 3.63) is 30.1 Å². The van der Waals surface area contributed by atoms with E-state index in [9.17, 15) is 8.78 Å². The lowest BCUT2D eigenvalue weighted by atomic mass is 10.5. The Morgan fingerprint density at radius 1 is 1.44 bits per heavy atom. The van der Waals surface area contributed by atoms with E-state index in [1.54, 1.807) is 0 Å². The number of hydrogen-bond donors (Lipinski definition) is 0. The summed E-state index contributed by atoms with van der Waals surface area (Å²) in [7, 11) is 1.51. The molecule has 1 heterocycles. The topological polar surface area (TPSA) is 3.88 Å². The van der Waals surface area contributed by atoms with E-state index in [4.69, 9.17) is 0 Å². The molecule has 1 aromatic rings. The summed E-state index contributed by atoms with van der Waals surface area (Å²) >= 11 is 0. The second-order valence-electron chi connectivity index (χ2n) is 1.78. The second-order valence-corrected chi connectivity index (χ2v) is 1.78. The largest absolute Gasteiger partial charge is 0.362 e. The predicted octanol–water partition coefficient (Wildman–Crippen LogP) is 0.789. The summed E-state index contributed by atoms with van der Waals surface area (Å²) in [5.41, 5.74) is 0. The highest BCUT2D eigenvalue weighted by molar-refractivity contribution is 4.90. The third kappa shape index (κ3) is 1.22. The van der Waals surface area contributed by atoms with E-state index in [0.29, 0.717) is 0 Å². The lowest BCUT2D eigenvalue weighted by molar-refractivity contribution is -0.700. The van der Waals surface area contributed by atoms with Crippen LogP contribution in [0.1, 0.15) is 0 Å². The van der Waals surface area contributed by atoms with Crippen LogP contribution in [0, 0.1) is 11.8 Å². The maximum atomic E-state index is 12.3. The molecule has 0 bridgehead atoms. The number of halogens is 2. The molecule has 0 aliphatic heterocycles. The van der Waals surface area contributed by atoms with Crippen LogP contribution in [0.15, 0.2) is 18.3 Å². The molecule has 0 radical (unpaired) electrons. The normalized spacial score (nSPS) is 9.67. The minimum atomic E-state index is -0.574. The zero-order chi connectivity index (χ0) is 6.85. The highest BCUT2D eigenvalue weighted by Gasteiger charge is 2.03. The van der Waals surface area contributed by atoms with E-state index in [-0.39, 0.29) is 0 Å². The van der Waals surface area contributed by atoms with Gasteiger partial charge in [-0.1, -0.05) is 0 Å². The zero-order valence-corrected chi connectivity index (χ0v) is 4.94. The molecule has 3 heteroatoms. The Morgan fingerprint density at radius 2 is 2.11 bits per heavy atom. The average Bonchev–Trinajstić information content (AvgIpc) is 1.80. The van der Waals surface area contributed by atoms with Gasteiger partial charge in [-0.05, 0) is 0 Å². The van der Waals surface area contributed by atoms with Gasteiger partial charge in [0.2, 0.25) is 0 Å². The quantitative estimate of drug-likeness (QED) is 0.361. The molecular weight excluding hydrogens is 124 g/mol. The van der Waals surface area contributed by atoms with E-state index >= 15 is 0 Å². The van der Waals surface area contributed by atoms with Crippen LogP contribution in [-0.2, 0) is 7.05 Å². The van der Waals surface area contributed by atoms with Gasteiger partial charge in [-0.15, -0.1) is 4.39 Å². The monoisotopic (exact) mass is 130 g/mol. The first-order valence-electron chi connectivity index (χ1n) is 2.51. The minimum Gasteiger partial charge on any atom is -0.206 e. The molecule has 0 saturated heterocycles. The van der Waals surface area contributed by atoms with E-state index in [1.165, 1.54) is 23.9 Å². The van der Waals surface area contributed by atoms with Crippen LogP contribution in [0.4, 0.5) is 8.78 Å². The fourth-order valence-corrected chi connectivity index (χ4v) is 0.518. The summed E-state index contributed by atoms with van der Waals surface area (Å²) in [6.45, 7) is 0. The van der Waals surface area contributed by atoms with Crippen molar-refractivity contribution in [2.24, 2.45) is 7.05 Å². The van der Waals surface area contributed by atoms with Gasteiger partial charge in [-0.25, -0.2) is 4.39 Å². The lowest BCUT2D eigenvalue weighted by Crippen LogP contribution is -2.32. The lowest BCUT2D eigenvalue weighted by Gasteiger charge is -1.86. The van der Waals surface area contributed by atoms with Gasteiger partial charge in [0.25, 0.3) is 0 Å². The molecule has 1 aromatic heterocycles. The van der Waals surface area contributed by atoms with Crippen molar-refractivity contribution in [2.45, 2.75) is 0 Å². The summed E-state index contributed by atoms with van der Waals surface area (Å²) in [5, 5.41) is 0. The van der Waals surface area contributed by atoms with Gasteiger partial charge in [0.05, 0.1) is 6.07 Å². The molecule has 0 unspecified atom stereocenters. The van der Waals surface area contributed by atoms with Gasteiger partial charge in [0, 0.05) is 6.07 Å². The molecule has 0 atom stereocenters. The number of rotatable bonds is 0. The molecule has 9 heavy (non-hydrogen) atoms. The number of hydrogen-bond acceptors (Lipinski definition) is 0. The van der Waals surface area contributed by atoms with Gasteiger partial charge >= 0.3 is 5.95 Å². The Balaban J connectivity index is 3.17. The molecule has 0 aromatic carbocycles. The number of nitrogens with zero attached hydrogens (tertiary/aromatic N) is 1. The van der Waals surface area contributed by atoms with Crippen molar-refractivity contribution in [3.8, 4) is 0 Å². The maximum absolute atomic E-state index is 12.3. The van der Waals surface area contributed by atoms with E-state index in [2.05, 4.69) is 0 Å². The fourth-order valence-electron chi connectivity index (χ4n) is 0.518. The predicted molar refractivity (Wildman–Crippen MR) is 27.5 cm³/mol. The van der Waals surface area contributed by atoms with E-state index in [1.807, 2.05) is 0 Å². The van der Waals surface area contributed by atoms with Gasteiger partial charge in [0.1, 0.15) is 12.9 Å². The van der Waals surface area contributed by atoms with Crippen LogP contribution in [0.25, 0.3) is 0 Å². The Kier molecular flexibility index (Phi) is 1.42. The maximum Gasteiger partial charge on any atom is 0.362 e. The molecule has 0 aliphatic rings. The second kappa shape index (κ2) is 2.09. The Bertz CT molecular complexity index is 222. The smallest absolute Gasteiger partial charge is 0.206 e. The Labute approximate surface area is 51.6 Å². The first-order chi connectivity index (χ1) is 4.20. The van der Waals surface area contributed by atoms with Crippen molar-refractivity contribution in [1.82, 2.24) is 0 Å². The van der Waals surface area contributed by atoms with Crippen LogP contribution in [-0.4, -0.2) is 0 Å². The fraction of sp³-hybridized carbons (Fsp3) is 0.167. The molecule has 48 valence electrons. The third-order valence-corrected chi connectivity index (χ3v) is 1.05. The molecule has 0 aliphatic carbocycles. The van der Waals surface area contributed by atoms with E-state index in [0.717, 1.165) is 6.07 Å². The average molecular weight is 130 g/mol. The van der Waals surface area contributed by atoms with Crippen molar-refractivity contribution >= 4 is 0 Å². The molecule has 0 amide bonds. The molecule has 0 fully saturated rings. The van der Waals surface area contributed by atoms with Gasteiger partial charge < -0.3 is 0 Å². The van der Waals surface area contributed by atoms with Crippen molar-refractivity contribution in [3.63, 3.8) is 0 Å². The van der Waals surface area contributed by atoms with Crippen LogP contribution in [0.3, 0.4) is 0 Å². The van der Waals surface area contributed by atoms with Gasteiger partial charge in [0.15, 0.2) is 6.20 Å². The number of pyridine rings is 1. The Hall–Kier alpha value is -0.990. The van der Waals surface area contributed by atoms with Crippen LogP contribution in [0.2, 0.25) is 0 Å². The summed E-state index contributed by atoms with van der Waals surface area (Å²) in [5.74, 6) is -1.12. The summed E-state index contributed by atoms with van der Waals surface area (Å²) < 4.78 is 25.6. The molecule has 1 nitrogen and oxygen atoms in total. The number of aryl methyl sites for hydroxylation is 1. The SMILES string of the molecule is C[n+]1ccc(F)cc1F. The third-order valence-electron chi connectivity index (χ3n) is 1.05. The summed E-state index contributed by atoms with van der Waals surface area (Å²) in [4.78, 5) is 0. The minimum absolute atomic E-state index is 0.550. The number of aromatic nitrogens is 1. The molecule has 1 rings (SSSR count). The highest BCUT2D eigenvalue weighted by atomic mass is 19.1. The molecular formula is C6H6F2N+.